The largest absolute Gasteiger partial charge is 0.464 e. The average Bonchev–Trinajstić information content (AvgIpc) is 2.41. The maximum atomic E-state index is 10.5. The summed E-state index contributed by atoms with van der Waals surface area (Å²) < 4.78 is 2.60. The lowest BCUT2D eigenvalue weighted by atomic mass is 10.7. The topological polar surface area (TPSA) is 59.5 Å². The van der Waals surface area contributed by atoms with Crippen molar-refractivity contribution in [1.82, 2.24) is 14.2 Å². The van der Waals surface area contributed by atoms with E-state index in [0.717, 1.165) is 4.57 Å². The number of carbonyl (C=O) groups is 1. The van der Waals surface area contributed by atoms with Gasteiger partial charge in [-0.05, 0) is 0 Å². The molecule has 2 heterocycles. The molecule has 0 aliphatic heterocycles. The third-order valence-corrected chi connectivity index (χ3v) is 1.46. The van der Waals surface area contributed by atoms with E-state index < -0.39 is 6.09 Å². The van der Waals surface area contributed by atoms with Crippen molar-refractivity contribution < 1.29 is 9.90 Å². The molecule has 2 aromatic heterocycles. The van der Waals surface area contributed by atoms with Crippen LogP contribution in [0.4, 0.5) is 4.79 Å². The smallest absolute Gasteiger partial charge is 0.417 e. The molecule has 0 unspecified atom stereocenters. The van der Waals surface area contributed by atoms with Crippen LogP contribution in [0.2, 0.25) is 0 Å². The molecule has 0 bridgehead atoms. The fraction of sp³-hybridized carbons (Fsp3) is 0. The van der Waals surface area contributed by atoms with Crippen LogP contribution in [0, 0.1) is 0 Å². The lowest BCUT2D eigenvalue weighted by Gasteiger charge is -1.90. The molecule has 2 aromatic rings. The van der Waals surface area contributed by atoms with Crippen molar-refractivity contribution in [2.45, 2.75) is 0 Å². The molecular weight excluding hydrogens is 146 g/mol. The van der Waals surface area contributed by atoms with Gasteiger partial charge in [-0.15, -0.1) is 0 Å². The molecule has 0 aliphatic rings. The number of hydrogen-bond acceptors (Lipinski definition) is 2. The lowest BCUT2D eigenvalue weighted by Crippen LogP contribution is -2.05. The van der Waals surface area contributed by atoms with Gasteiger partial charge in [0.05, 0.1) is 6.20 Å². The second kappa shape index (κ2) is 1.85. The molecule has 0 saturated heterocycles. The zero-order valence-electron chi connectivity index (χ0n) is 5.51. The zero-order valence-corrected chi connectivity index (χ0v) is 5.51. The van der Waals surface area contributed by atoms with Crippen LogP contribution < -0.4 is 0 Å². The normalized spacial score (nSPS) is 10.5. The van der Waals surface area contributed by atoms with E-state index in [1.165, 1.54) is 10.7 Å². The predicted molar refractivity (Wildman–Crippen MR) is 36.6 cm³/mol. The number of nitrogens with zero attached hydrogens (tertiary/aromatic N) is 3. The van der Waals surface area contributed by atoms with Crippen molar-refractivity contribution in [3.63, 3.8) is 0 Å². The summed E-state index contributed by atoms with van der Waals surface area (Å²) in [6.45, 7) is 0. The molecule has 0 aliphatic carbocycles. The van der Waals surface area contributed by atoms with Crippen molar-refractivity contribution in [2.24, 2.45) is 0 Å². The van der Waals surface area contributed by atoms with Gasteiger partial charge < -0.3 is 5.11 Å². The van der Waals surface area contributed by atoms with Crippen LogP contribution in [0.5, 0.6) is 0 Å². The molecule has 56 valence electrons. The second-order valence-electron chi connectivity index (χ2n) is 2.08. The highest BCUT2D eigenvalue weighted by atomic mass is 16.4. The summed E-state index contributed by atoms with van der Waals surface area (Å²) >= 11 is 0. The highest BCUT2D eigenvalue weighted by Gasteiger charge is 2.05. The highest BCUT2D eigenvalue weighted by Crippen LogP contribution is 2.02. The number of fused-ring (bicyclic) bond motifs is 1. The Hall–Kier alpha value is -1.78. The molecule has 0 amide bonds. The van der Waals surface area contributed by atoms with Gasteiger partial charge in [0, 0.05) is 18.5 Å². The summed E-state index contributed by atoms with van der Waals surface area (Å²) in [5.41, 5.74) is 0.553. The molecule has 0 saturated carbocycles. The van der Waals surface area contributed by atoms with Crippen molar-refractivity contribution in [3.8, 4) is 0 Å². The van der Waals surface area contributed by atoms with Crippen LogP contribution in [0.1, 0.15) is 0 Å². The van der Waals surface area contributed by atoms with Crippen molar-refractivity contribution in [2.75, 3.05) is 0 Å². The third kappa shape index (κ3) is 0.706. The van der Waals surface area contributed by atoms with Gasteiger partial charge >= 0.3 is 6.09 Å². The Labute approximate surface area is 61.5 Å². The van der Waals surface area contributed by atoms with E-state index in [0.29, 0.717) is 5.65 Å². The van der Waals surface area contributed by atoms with Gasteiger partial charge in [-0.2, -0.15) is 5.10 Å². The minimum absolute atomic E-state index is 0.553. The van der Waals surface area contributed by atoms with Crippen LogP contribution in [0.25, 0.3) is 5.65 Å². The van der Waals surface area contributed by atoms with Gasteiger partial charge in [0.2, 0.25) is 0 Å². The van der Waals surface area contributed by atoms with Gasteiger partial charge in [0.1, 0.15) is 5.65 Å². The molecular formula is C6H5N3O2. The molecule has 5 heteroatoms. The van der Waals surface area contributed by atoms with Gasteiger partial charge in [-0.1, -0.05) is 0 Å². The summed E-state index contributed by atoms with van der Waals surface area (Å²) in [5.74, 6) is 0. The van der Waals surface area contributed by atoms with Crippen molar-refractivity contribution in [1.29, 1.82) is 0 Å². The van der Waals surface area contributed by atoms with Crippen LogP contribution in [-0.2, 0) is 0 Å². The summed E-state index contributed by atoms with van der Waals surface area (Å²) in [6.07, 6.45) is 3.59. The molecule has 0 radical (unpaired) electrons. The zero-order chi connectivity index (χ0) is 7.84. The minimum atomic E-state index is -1.000. The average molecular weight is 151 g/mol. The first-order valence-corrected chi connectivity index (χ1v) is 3.03. The summed E-state index contributed by atoms with van der Waals surface area (Å²) in [7, 11) is 0. The number of rotatable bonds is 0. The van der Waals surface area contributed by atoms with Crippen LogP contribution in [0.15, 0.2) is 24.7 Å². The van der Waals surface area contributed by atoms with E-state index in [2.05, 4.69) is 5.10 Å². The number of imidazole rings is 1. The van der Waals surface area contributed by atoms with Gasteiger partial charge in [0.15, 0.2) is 0 Å². The molecule has 11 heavy (non-hydrogen) atoms. The first-order valence-electron chi connectivity index (χ1n) is 3.03. The molecule has 0 fully saturated rings. The first-order chi connectivity index (χ1) is 5.29. The van der Waals surface area contributed by atoms with E-state index in [-0.39, 0.29) is 0 Å². The Morgan fingerprint density at radius 3 is 3.09 bits per heavy atom. The fourth-order valence-corrected chi connectivity index (χ4v) is 0.981. The Balaban J connectivity index is 2.78. The number of aromatic nitrogens is 3. The Morgan fingerprint density at radius 1 is 1.55 bits per heavy atom. The number of hydrogen-bond donors (Lipinski definition) is 1. The van der Waals surface area contributed by atoms with E-state index in [4.69, 9.17) is 5.11 Å². The molecule has 0 spiro atoms. The monoisotopic (exact) mass is 151 g/mol. The lowest BCUT2D eigenvalue weighted by molar-refractivity contribution is 0.197. The standard InChI is InChI=1S/C6H5N3O2/c10-6(11)8-3-4-9-5(8)1-2-7-9/h1-4H,(H,10,11). The third-order valence-electron chi connectivity index (χ3n) is 1.46. The summed E-state index contributed by atoms with van der Waals surface area (Å²) in [4.78, 5) is 10.5. The van der Waals surface area contributed by atoms with E-state index >= 15 is 0 Å². The van der Waals surface area contributed by atoms with Gasteiger partial charge in [-0.25, -0.2) is 13.9 Å². The van der Waals surface area contributed by atoms with Crippen LogP contribution in [0.3, 0.4) is 0 Å². The molecule has 2 rings (SSSR count). The van der Waals surface area contributed by atoms with Gasteiger partial charge in [0.25, 0.3) is 0 Å². The van der Waals surface area contributed by atoms with E-state index in [1.807, 2.05) is 0 Å². The minimum Gasteiger partial charge on any atom is -0.464 e. The summed E-state index contributed by atoms with van der Waals surface area (Å²) in [6, 6.07) is 1.63. The SMILES string of the molecule is O=C(O)n1ccn2nccc12. The maximum Gasteiger partial charge on any atom is 0.417 e. The van der Waals surface area contributed by atoms with Gasteiger partial charge in [-0.3, -0.25) is 0 Å². The Kier molecular flexibility index (Phi) is 1.00. The Bertz CT molecular complexity index is 401. The molecule has 0 atom stereocenters. The Morgan fingerprint density at radius 2 is 2.36 bits per heavy atom. The maximum absolute atomic E-state index is 10.5. The van der Waals surface area contributed by atoms with Crippen molar-refractivity contribution in [3.05, 3.63) is 24.7 Å². The first kappa shape index (κ1) is 5.96. The predicted octanol–water partition coefficient (Wildman–Crippen LogP) is 0.662. The van der Waals surface area contributed by atoms with E-state index in [1.54, 1.807) is 18.5 Å². The quantitative estimate of drug-likeness (QED) is 0.601. The second-order valence-corrected chi connectivity index (χ2v) is 2.08. The molecule has 5 nitrogen and oxygen atoms in total. The molecule has 1 N–H and O–H groups in total. The molecule has 0 aromatic carbocycles. The number of carboxylic acid groups (broad SMARTS) is 1. The van der Waals surface area contributed by atoms with E-state index in [9.17, 15) is 4.79 Å². The summed E-state index contributed by atoms with van der Waals surface area (Å²) in [5, 5.41) is 12.5. The van der Waals surface area contributed by atoms with Crippen LogP contribution >= 0.6 is 0 Å². The van der Waals surface area contributed by atoms with Crippen LogP contribution in [-0.4, -0.2) is 25.4 Å². The highest BCUT2D eigenvalue weighted by molar-refractivity contribution is 5.73. The van der Waals surface area contributed by atoms with Crippen molar-refractivity contribution >= 4 is 11.7 Å². The fourth-order valence-electron chi connectivity index (χ4n) is 0.981.